The Kier molecular flexibility index (Phi) is 7.54. The predicted octanol–water partition coefficient (Wildman–Crippen LogP) is 3.53. The van der Waals surface area contributed by atoms with Gasteiger partial charge in [-0.05, 0) is 32.6 Å². The van der Waals surface area contributed by atoms with E-state index < -0.39 is 0 Å². The fourth-order valence-corrected chi connectivity index (χ4v) is 1.73. The van der Waals surface area contributed by atoms with Crippen LogP contribution in [0.4, 0.5) is 0 Å². The summed E-state index contributed by atoms with van der Waals surface area (Å²) in [6.07, 6.45) is 5.20. The van der Waals surface area contributed by atoms with Crippen molar-refractivity contribution in [3.8, 4) is 0 Å². The van der Waals surface area contributed by atoms with Gasteiger partial charge in [0.2, 0.25) is 0 Å². The summed E-state index contributed by atoms with van der Waals surface area (Å²) in [6.45, 7) is 13.5. The molecule has 0 aromatic carbocycles. The average Bonchev–Trinajstić information content (AvgIpc) is 2.12. The molecule has 84 valence electrons. The van der Waals surface area contributed by atoms with Gasteiger partial charge < -0.3 is 0 Å². The summed E-state index contributed by atoms with van der Waals surface area (Å²) in [5.74, 6) is 0.860. The summed E-state index contributed by atoms with van der Waals surface area (Å²) in [5, 5.41) is 6.08. The van der Waals surface area contributed by atoms with E-state index in [1.165, 1.54) is 25.7 Å². The van der Waals surface area contributed by atoms with Crippen LogP contribution in [-0.4, -0.2) is 24.3 Å². The van der Waals surface area contributed by atoms with Crippen LogP contribution in [0.15, 0.2) is 5.10 Å². The Balaban J connectivity index is 3.55. The van der Waals surface area contributed by atoms with Crippen molar-refractivity contribution >= 4 is 6.72 Å². The first-order valence-electron chi connectivity index (χ1n) is 5.85. The highest BCUT2D eigenvalue weighted by Gasteiger charge is 2.06. The molecule has 2 heteroatoms. The second-order valence-electron chi connectivity index (χ2n) is 4.43. The fraction of sp³-hybridized carbons (Fsp3) is 0.917. The molecule has 0 saturated heterocycles. The summed E-state index contributed by atoms with van der Waals surface area (Å²) in [5.41, 5.74) is 0. The van der Waals surface area contributed by atoms with Crippen LogP contribution in [0.3, 0.4) is 0 Å². The minimum Gasteiger partial charge on any atom is -0.295 e. The standard InChI is InChI=1S/C12H26N2/c1-6-8-12(4)9-7-10-14(13-5)11(2)3/h11-12H,5-10H2,1-4H3. The van der Waals surface area contributed by atoms with Crippen molar-refractivity contribution in [2.75, 3.05) is 6.54 Å². The minimum absolute atomic E-state index is 0.481. The molecule has 0 aromatic rings. The molecule has 1 atom stereocenters. The van der Waals surface area contributed by atoms with E-state index >= 15 is 0 Å². The molecule has 0 aliphatic heterocycles. The molecule has 2 nitrogen and oxygen atoms in total. The first-order valence-corrected chi connectivity index (χ1v) is 5.85. The Bertz CT molecular complexity index is 143. The largest absolute Gasteiger partial charge is 0.295 e. The Morgan fingerprint density at radius 3 is 2.29 bits per heavy atom. The van der Waals surface area contributed by atoms with E-state index in [2.05, 4.69) is 44.5 Å². The van der Waals surface area contributed by atoms with Crippen molar-refractivity contribution in [1.82, 2.24) is 5.01 Å². The van der Waals surface area contributed by atoms with Gasteiger partial charge in [0.1, 0.15) is 0 Å². The maximum Gasteiger partial charge on any atom is 0.0414 e. The third-order valence-corrected chi connectivity index (χ3v) is 2.64. The highest BCUT2D eigenvalue weighted by atomic mass is 15.5. The molecule has 0 aromatic heterocycles. The van der Waals surface area contributed by atoms with Gasteiger partial charge in [-0.2, -0.15) is 5.10 Å². The van der Waals surface area contributed by atoms with Gasteiger partial charge in [-0.25, -0.2) is 0 Å². The lowest BCUT2D eigenvalue weighted by atomic mass is 10.0. The Labute approximate surface area is 89.4 Å². The fourth-order valence-electron chi connectivity index (χ4n) is 1.73. The summed E-state index contributed by atoms with van der Waals surface area (Å²) in [4.78, 5) is 0. The summed E-state index contributed by atoms with van der Waals surface area (Å²) >= 11 is 0. The lowest BCUT2D eigenvalue weighted by Crippen LogP contribution is -2.26. The number of hydrogen-bond acceptors (Lipinski definition) is 2. The van der Waals surface area contributed by atoms with E-state index in [1.807, 2.05) is 0 Å². The second-order valence-corrected chi connectivity index (χ2v) is 4.43. The molecular weight excluding hydrogens is 172 g/mol. The zero-order chi connectivity index (χ0) is 11.0. The maximum atomic E-state index is 4.01. The Morgan fingerprint density at radius 1 is 1.21 bits per heavy atom. The van der Waals surface area contributed by atoms with E-state index in [9.17, 15) is 0 Å². The van der Waals surface area contributed by atoms with Crippen LogP contribution in [0.1, 0.15) is 53.4 Å². The maximum absolute atomic E-state index is 4.01. The van der Waals surface area contributed by atoms with Gasteiger partial charge in [-0.1, -0.05) is 26.7 Å². The molecule has 0 radical (unpaired) electrons. The van der Waals surface area contributed by atoms with Crippen molar-refractivity contribution in [3.63, 3.8) is 0 Å². The van der Waals surface area contributed by atoms with Crippen LogP contribution in [0.2, 0.25) is 0 Å². The molecule has 0 aliphatic rings. The molecule has 0 amide bonds. The van der Waals surface area contributed by atoms with Crippen LogP contribution < -0.4 is 0 Å². The number of hydrogen-bond donors (Lipinski definition) is 0. The highest BCUT2D eigenvalue weighted by Crippen LogP contribution is 2.13. The van der Waals surface area contributed by atoms with E-state index in [0.717, 1.165) is 12.5 Å². The van der Waals surface area contributed by atoms with Crippen molar-refractivity contribution < 1.29 is 0 Å². The van der Waals surface area contributed by atoms with E-state index in [1.54, 1.807) is 0 Å². The zero-order valence-corrected chi connectivity index (χ0v) is 10.3. The van der Waals surface area contributed by atoms with Crippen LogP contribution in [0.5, 0.6) is 0 Å². The zero-order valence-electron chi connectivity index (χ0n) is 10.3. The molecule has 0 bridgehead atoms. The second kappa shape index (κ2) is 7.84. The van der Waals surface area contributed by atoms with Crippen LogP contribution >= 0.6 is 0 Å². The van der Waals surface area contributed by atoms with Gasteiger partial charge in [0.25, 0.3) is 0 Å². The molecule has 0 rings (SSSR count). The van der Waals surface area contributed by atoms with Crippen molar-refractivity contribution in [2.45, 2.75) is 59.4 Å². The number of nitrogens with zero attached hydrogens (tertiary/aromatic N) is 2. The predicted molar refractivity (Wildman–Crippen MR) is 64.7 cm³/mol. The normalized spacial score (nSPS) is 12.9. The molecule has 0 aliphatic carbocycles. The minimum atomic E-state index is 0.481. The van der Waals surface area contributed by atoms with Crippen molar-refractivity contribution in [1.29, 1.82) is 0 Å². The van der Waals surface area contributed by atoms with Crippen molar-refractivity contribution in [2.24, 2.45) is 11.0 Å². The number of rotatable bonds is 8. The van der Waals surface area contributed by atoms with E-state index in [4.69, 9.17) is 0 Å². The lowest BCUT2D eigenvalue weighted by molar-refractivity contribution is 0.224. The first kappa shape index (κ1) is 13.5. The first-order chi connectivity index (χ1) is 6.61. The van der Waals surface area contributed by atoms with E-state index in [-0.39, 0.29) is 0 Å². The molecule has 1 unspecified atom stereocenters. The third kappa shape index (κ3) is 6.01. The van der Waals surface area contributed by atoms with Gasteiger partial charge in [0.15, 0.2) is 0 Å². The Morgan fingerprint density at radius 2 is 1.86 bits per heavy atom. The molecule has 0 N–H and O–H groups in total. The highest BCUT2D eigenvalue weighted by molar-refractivity contribution is 5.22. The lowest BCUT2D eigenvalue weighted by Gasteiger charge is -2.23. The van der Waals surface area contributed by atoms with Gasteiger partial charge in [0.05, 0.1) is 0 Å². The summed E-state index contributed by atoms with van der Waals surface area (Å²) < 4.78 is 0. The van der Waals surface area contributed by atoms with Gasteiger partial charge in [-0.15, -0.1) is 0 Å². The Hall–Kier alpha value is -0.530. The quantitative estimate of drug-likeness (QED) is 0.430. The molecular formula is C12H26N2. The summed E-state index contributed by atoms with van der Waals surface area (Å²) in [7, 11) is 0. The van der Waals surface area contributed by atoms with Crippen LogP contribution in [0.25, 0.3) is 0 Å². The molecule has 0 spiro atoms. The summed E-state index contributed by atoms with van der Waals surface area (Å²) in [6, 6.07) is 0.481. The molecule has 0 heterocycles. The smallest absolute Gasteiger partial charge is 0.0414 e. The third-order valence-electron chi connectivity index (χ3n) is 2.64. The monoisotopic (exact) mass is 198 g/mol. The van der Waals surface area contributed by atoms with Gasteiger partial charge in [-0.3, -0.25) is 5.01 Å². The molecule has 0 fully saturated rings. The SMILES string of the molecule is C=NN(CCCC(C)CCC)C(C)C. The average molecular weight is 198 g/mol. The van der Waals surface area contributed by atoms with Crippen molar-refractivity contribution in [3.05, 3.63) is 0 Å². The topological polar surface area (TPSA) is 15.6 Å². The van der Waals surface area contributed by atoms with Crippen LogP contribution in [0, 0.1) is 5.92 Å². The number of hydrazone groups is 1. The van der Waals surface area contributed by atoms with Gasteiger partial charge >= 0.3 is 0 Å². The van der Waals surface area contributed by atoms with Crippen LogP contribution in [-0.2, 0) is 0 Å². The van der Waals surface area contributed by atoms with E-state index in [0.29, 0.717) is 6.04 Å². The molecule has 0 saturated carbocycles. The molecule has 14 heavy (non-hydrogen) atoms. The van der Waals surface area contributed by atoms with Gasteiger partial charge in [0, 0.05) is 19.3 Å².